The van der Waals surface area contributed by atoms with Crippen LogP contribution in [-0.4, -0.2) is 20.9 Å². The van der Waals surface area contributed by atoms with Gasteiger partial charge in [0.1, 0.15) is 0 Å². The highest BCUT2D eigenvalue weighted by molar-refractivity contribution is 5.84. The van der Waals surface area contributed by atoms with E-state index >= 15 is 0 Å². The van der Waals surface area contributed by atoms with Crippen molar-refractivity contribution in [3.63, 3.8) is 0 Å². The Kier molecular flexibility index (Phi) is 2.52. The fraction of sp³-hybridized carbons (Fsp3) is 0.600. The van der Waals surface area contributed by atoms with Crippen molar-refractivity contribution in [3.8, 4) is 0 Å². The number of aromatic nitrogens is 2. The molecule has 0 saturated heterocycles. The maximum absolute atomic E-state index is 10.6. The van der Waals surface area contributed by atoms with E-state index in [2.05, 4.69) is 5.10 Å². The maximum atomic E-state index is 10.6. The molecule has 1 heterocycles. The van der Waals surface area contributed by atoms with Crippen molar-refractivity contribution >= 4 is 5.97 Å². The van der Waals surface area contributed by atoms with Gasteiger partial charge in [-0.1, -0.05) is 12.8 Å². The summed E-state index contributed by atoms with van der Waals surface area (Å²) in [6, 6.07) is 1.55. The average molecular weight is 194 g/mol. The van der Waals surface area contributed by atoms with Crippen LogP contribution in [0.25, 0.3) is 0 Å². The molecule has 1 aromatic heterocycles. The Balaban J connectivity index is 1.98. The molecule has 0 spiro atoms. The van der Waals surface area contributed by atoms with Crippen molar-refractivity contribution in [3.05, 3.63) is 18.0 Å². The van der Waals surface area contributed by atoms with Gasteiger partial charge in [0.05, 0.1) is 0 Å². The summed E-state index contributed by atoms with van der Waals surface area (Å²) < 4.78 is 1.75. The minimum Gasteiger partial charge on any atom is -0.476 e. The summed E-state index contributed by atoms with van der Waals surface area (Å²) in [7, 11) is 0. The topological polar surface area (TPSA) is 55.1 Å². The van der Waals surface area contributed by atoms with E-state index in [0.717, 1.165) is 6.54 Å². The van der Waals surface area contributed by atoms with Gasteiger partial charge < -0.3 is 5.11 Å². The van der Waals surface area contributed by atoms with Crippen LogP contribution in [0.5, 0.6) is 0 Å². The Morgan fingerprint density at radius 1 is 1.57 bits per heavy atom. The smallest absolute Gasteiger partial charge is 0.356 e. The van der Waals surface area contributed by atoms with Crippen molar-refractivity contribution < 1.29 is 9.90 Å². The summed E-state index contributed by atoms with van der Waals surface area (Å²) in [6.45, 7) is 0.868. The molecule has 0 radical (unpaired) electrons. The highest BCUT2D eigenvalue weighted by Crippen LogP contribution is 2.25. The molecule has 4 nitrogen and oxygen atoms in total. The molecule has 1 aromatic rings. The van der Waals surface area contributed by atoms with Crippen LogP contribution in [0.3, 0.4) is 0 Å². The van der Waals surface area contributed by atoms with Gasteiger partial charge in [-0.2, -0.15) is 5.10 Å². The summed E-state index contributed by atoms with van der Waals surface area (Å²) in [5.74, 6) is -0.258. The molecule has 0 bridgehead atoms. The van der Waals surface area contributed by atoms with Gasteiger partial charge in [0.15, 0.2) is 5.69 Å². The lowest BCUT2D eigenvalue weighted by molar-refractivity contribution is 0.0689. The molecule has 76 valence electrons. The average Bonchev–Trinajstić information content (AvgIpc) is 2.75. The Morgan fingerprint density at radius 2 is 2.29 bits per heavy atom. The lowest BCUT2D eigenvalue weighted by Gasteiger charge is -2.07. The van der Waals surface area contributed by atoms with Crippen LogP contribution in [0.1, 0.15) is 36.2 Å². The van der Waals surface area contributed by atoms with E-state index in [-0.39, 0.29) is 5.69 Å². The number of hydrogen-bond acceptors (Lipinski definition) is 2. The number of carbonyl (C=O) groups is 1. The molecule has 1 N–H and O–H groups in total. The van der Waals surface area contributed by atoms with E-state index < -0.39 is 5.97 Å². The van der Waals surface area contributed by atoms with Gasteiger partial charge in [0, 0.05) is 12.7 Å². The third kappa shape index (κ3) is 1.95. The second-order valence-corrected chi connectivity index (χ2v) is 3.88. The number of hydrogen-bond donors (Lipinski definition) is 1. The molecule has 0 amide bonds. The molecular weight excluding hydrogens is 180 g/mol. The molecule has 14 heavy (non-hydrogen) atoms. The molecular formula is C10H14N2O2. The second-order valence-electron chi connectivity index (χ2n) is 3.88. The molecule has 1 aliphatic carbocycles. The summed E-state index contributed by atoms with van der Waals surface area (Å²) in [6.07, 6.45) is 6.86. The van der Waals surface area contributed by atoms with Crippen LogP contribution < -0.4 is 0 Å². The molecule has 0 aromatic carbocycles. The Morgan fingerprint density at radius 3 is 2.86 bits per heavy atom. The molecule has 1 saturated carbocycles. The maximum Gasteiger partial charge on any atom is 0.356 e. The second kappa shape index (κ2) is 3.82. The first-order valence-corrected chi connectivity index (χ1v) is 5.02. The fourth-order valence-corrected chi connectivity index (χ4v) is 2.03. The van der Waals surface area contributed by atoms with Crippen molar-refractivity contribution in [1.82, 2.24) is 9.78 Å². The zero-order valence-electron chi connectivity index (χ0n) is 8.02. The normalized spacial score (nSPS) is 17.4. The van der Waals surface area contributed by atoms with Gasteiger partial charge in [-0.15, -0.1) is 0 Å². The third-order valence-corrected chi connectivity index (χ3v) is 2.78. The summed E-state index contributed by atoms with van der Waals surface area (Å²) in [5, 5.41) is 12.7. The number of nitrogens with zero attached hydrogens (tertiary/aromatic N) is 2. The van der Waals surface area contributed by atoms with Crippen LogP contribution in [0.2, 0.25) is 0 Å². The predicted octanol–water partition coefficient (Wildman–Crippen LogP) is 1.77. The van der Waals surface area contributed by atoms with E-state index in [1.807, 2.05) is 0 Å². The predicted molar refractivity (Wildman–Crippen MR) is 51.1 cm³/mol. The first-order chi connectivity index (χ1) is 6.75. The number of rotatable bonds is 3. The van der Waals surface area contributed by atoms with E-state index in [1.54, 1.807) is 16.9 Å². The van der Waals surface area contributed by atoms with Crippen molar-refractivity contribution in [1.29, 1.82) is 0 Å². The van der Waals surface area contributed by atoms with Gasteiger partial charge >= 0.3 is 5.97 Å². The van der Waals surface area contributed by atoms with Crippen LogP contribution in [-0.2, 0) is 6.54 Å². The van der Waals surface area contributed by atoms with Crippen molar-refractivity contribution in [2.45, 2.75) is 32.2 Å². The SMILES string of the molecule is O=C(O)c1ccn(CC2CCCC2)n1. The Labute approximate surface area is 82.5 Å². The molecule has 0 aliphatic heterocycles. The minimum atomic E-state index is -0.949. The molecule has 0 atom stereocenters. The van der Waals surface area contributed by atoms with Crippen molar-refractivity contribution in [2.75, 3.05) is 0 Å². The summed E-state index contributed by atoms with van der Waals surface area (Å²) >= 11 is 0. The molecule has 1 fully saturated rings. The fourth-order valence-electron chi connectivity index (χ4n) is 2.03. The molecule has 2 rings (SSSR count). The van der Waals surface area contributed by atoms with E-state index in [1.165, 1.54) is 25.7 Å². The first kappa shape index (κ1) is 9.24. The first-order valence-electron chi connectivity index (χ1n) is 5.02. The highest BCUT2D eigenvalue weighted by atomic mass is 16.4. The molecule has 1 aliphatic rings. The summed E-state index contributed by atoms with van der Waals surface area (Å²) in [5.41, 5.74) is 0.142. The standard InChI is InChI=1S/C10H14N2O2/c13-10(14)9-5-6-12(11-9)7-8-3-1-2-4-8/h5-6,8H,1-4,7H2,(H,13,14). The van der Waals surface area contributed by atoms with Gasteiger partial charge in [0.25, 0.3) is 0 Å². The van der Waals surface area contributed by atoms with Crippen LogP contribution in [0, 0.1) is 5.92 Å². The van der Waals surface area contributed by atoms with Crippen LogP contribution in [0.4, 0.5) is 0 Å². The van der Waals surface area contributed by atoms with Crippen LogP contribution in [0.15, 0.2) is 12.3 Å². The van der Waals surface area contributed by atoms with E-state index in [4.69, 9.17) is 5.11 Å². The largest absolute Gasteiger partial charge is 0.476 e. The molecule has 4 heteroatoms. The Hall–Kier alpha value is -1.32. The van der Waals surface area contributed by atoms with E-state index in [9.17, 15) is 4.79 Å². The quantitative estimate of drug-likeness (QED) is 0.797. The van der Waals surface area contributed by atoms with Gasteiger partial charge in [-0.25, -0.2) is 4.79 Å². The zero-order chi connectivity index (χ0) is 9.97. The monoisotopic (exact) mass is 194 g/mol. The highest BCUT2D eigenvalue weighted by Gasteiger charge is 2.16. The lowest BCUT2D eigenvalue weighted by Crippen LogP contribution is -2.09. The number of carboxylic acids is 1. The van der Waals surface area contributed by atoms with Gasteiger partial charge in [-0.05, 0) is 24.8 Å². The van der Waals surface area contributed by atoms with Crippen LogP contribution >= 0.6 is 0 Å². The molecule has 0 unspecified atom stereocenters. The zero-order valence-corrected chi connectivity index (χ0v) is 8.02. The minimum absolute atomic E-state index is 0.142. The lowest BCUT2D eigenvalue weighted by atomic mass is 10.1. The van der Waals surface area contributed by atoms with Crippen molar-refractivity contribution in [2.24, 2.45) is 5.92 Å². The van der Waals surface area contributed by atoms with Gasteiger partial charge in [0.2, 0.25) is 0 Å². The van der Waals surface area contributed by atoms with E-state index in [0.29, 0.717) is 5.92 Å². The number of carboxylic acid groups (broad SMARTS) is 1. The number of aromatic carboxylic acids is 1. The third-order valence-electron chi connectivity index (χ3n) is 2.78. The van der Waals surface area contributed by atoms with Gasteiger partial charge in [-0.3, -0.25) is 4.68 Å². The Bertz CT molecular complexity index is 327. The summed E-state index contributed by atoms with van der Waals surface area (Å²) in [4.78, 5) is 10.6.